The first-order chi connectivity index (χ1) is 10.2. The van der Waals surface area contributed by atoms with Crippen molar-refractivity contribution in [3.63, 3.8) is 0 Å². The van der Waals surface area contributed by atoms with E-state index in [-0.39, 0.29) is 0 Å². The van der Waals surface area contributed by atoms with Gasteiger partial charge in [0.1, 0.15) is 5.01 Å². The largest absolute Gasteiger partial charge is 0.464 e. The fraction of sp³-hybridized carbons (Fsp3) is 0.125. The molecule has 2 rings (SSSR count). The Morgan fingerprint density at radius 2 is 2.05 bits per heavy atom. The summed E-state index contributed by atoms with van der Waals surface area (Å²) < 4.78 is 4.82. The molecule has 1 aromatic carbocycles. The van der Waals surface area contributed by atoms with Crippen LogP contribution in [0.15, 0.2) is 48.7 Å². The van der Waals surface area contributed by atoms with Crippen LogP contribution in [0.5, 0.6) is 0 Å². The lowest BCUT2D eigenvalue weighted by Gasteiger charge is -1.99. The van der Waals surface area contributed by atoms with Crippen LogP contribution in [0, 0.1) is 0 Å². The van der Waals surface area contributed by atoms with E-state index in [1.165, 1.54) is 24.6 Å². The first-order valence-corrected chi connectivity index (χ1v) is 7.19. The van der Waals surface area contributed by atoms with Gasteiger partial charge in [0, 0.05) is 0 Å². The second kappa shape index (κ2) is 6.85. The van der Waals surface area contributed by atoms with Crippen LogP contribution in [0.2, 0.25) is 0 Å². The molecule has 4 nitrogen and oxygen atoms in total. The average molecular weight is 300 g/mol. The van der Waals surface area contributed by atoms with Crippen molar-refractivity contribution < 1.29 is 9.53 Å². The summed E-state index contributed by atoms with van der Waals surface area (Å²) in [6.07, 6.45) is 5.04. The summed E-state index contributed by atoms with van der Waals surface area (Å²) in [7, 11) is 1.36. The van der Waals surface area contributed by atoms with Gasteiger partial charge in [-0.15, -0.1) is 11.3 Å². The second-order valence-electron chi connectivity index (χ2n) is 4.29. The Hall–Kier alpha value is -2.40. The highest BCUT2D eigenvalue weighted by Gasteiger charge is 2.20. The number of carbonyl (C=O) groups excluding carboxylic acids is 1. The van der Waals surface area contributed by atoms with Crippen LogP contribution in [-0.4, -0.2) is 18.1 Å². The molecule has 0 radical (unpaired) electrons. The normalized spacial score (nSPS) is 11.8. The number of aromatic nitrogens is 1. The van der Waals surface area contributed by atoms with Crippen molar-refractivity contribution in [1.82, 2.24) is 4.98 Å². The summed E-state index contributed by atoms with van der Waals surface area (Å²) >= 11 is 1.46. The third kappa shape index (κ3) is 3.38. The molecule has 0 aliphatic rings. The van der Waals surface area contributed by atoms with Gasteiger partial charge in [-0.2, -0.15) is 0 Å². The zero-order chi connectivity index (χ0) is 15.2. The SMILES string of the molecule is COC(=O)c1nc(/C(C)=C/C=C\N)sc1-c1ccccc1. The molecule has 2 N–H and O–H groups in total. The smallest absolute Gasteiger partial charge is 0.358 e. The van der Waals surface area contributed by atoms with Gasteiger partial charge in [-0.05, 0) is 30.3 Å². The van der Waals surface area contributed by atoms with Crippen LogP contribution in [0.1, 0.15) is 22.4 Å². The molecule has 1 aromatic heterocycles. The third-order valence-corrected chi connectivity index (χ3v) is 4.08. The first-order valence-electron chi connectivity index (χ1n) is 6.37. The van der Waals surface area contributed by atoms with Crippen LogP contribution < -0.4 is 5.73 Å². The van der Waals surface area contributed by atoms with Crippen LogP contribution in [0.25, 0.3) is 16.0 Å². The summed E-state index contributed by atoms with van der Waals surface area (Å²) in [6.45, 7) is 1.93. The van der Waals surface area contributed by atoms with Crippen molar-refractivity contribution in [3.05, 3.63) is 59.4 Å². The van der Waals surface area contributed by atoms with Crippen molar-refractivity contribution in [2.75, 3.05) is 7.11 Å². The molecule has 0 aliphatic heterocycles. The van der Waals surface area contributed by atoms with Crippen LogP contribution in [-0.2, 0) is 4.74 Å². The highest BCUT2D eigenvalue weighted by Crippen LogP contribution is 2.33. The molecule has 5 heteroatoms. The van der Waals surface area contributed by atoms with Gasteiger partial charge >= 0.3 is 5.97 Å². The highest BCUT2D eigenvalue weighted by molar-refractivity contribution is 7.16. The molecule has 2 aromatic rings. The number of esters is 1. The molecule has 0 spiro atoms. The van der Waals surface area contributed by atoms with E-state index in [1.54, 1.807) is 6.08 Å². The number of hydrogen-bond acceptors (Lipinski definition) is 5. The molecule has 0 amide bonds. The predicted octanol–water partition coefficient (Wildman–Crippen LogP) is 3.47. The Morgan fingerprint density at radius 3 is 2.67 bits per heavy atom. The summed E-state index contributed by atoms with van der Waals surface area (Å²) in [6, 6.07) is 9.68. The molecule has 0 atom stereocenters. The molecule has 0 saturated carbocycles. The third-order valence-electron chi connectivity index (χ3n) is 2.84. The Balaban J connectivity index is 2.53. The topological polar surface area (TPSA) is 65.2 Å². The van der Waals surface area contributed by atoms with Crippen molar-refractivity contribution in [2.45, 2.75) is 6.92 Å². The number of benzene rings is 1. The van der Waals surface area contributed by atoms with Gasteiger partial charge < -0.3 is 10.5 Å². The van der Waals surface area contributed by atoms with Gasteiger partial charge in [-0.1, -0.05) is 36.4 Å². The van der Waals surface area contributed by atoms with Gasteiger partial charge in [-0.3, -0.25) is 0 Å². The molecule has 0 aliphatic carbocycles. The average Bonchev–Trinajstić information content (AvgIpc) is 2.98. The molecule has 0 fully saturated rings. The lowest BCUT2D eigenvalue weighted by Crippen LogP contribution is -2.03. The molecule has 0 saturated heterocycles. The molecule has 21 heavy (non-hydrogen) atoms. The molecular weight excluding hydrogens is 284 g/mol. The maximum atomic E-state index is 11.9. The van der Waals surface area contributed by atoms with Gasteiger partial charge in [0.25, 0.3) is 0 Å². The van der Waals surface area contributed by atoms with Crippen molar-refractivity contribution >= 4 is 22.9 Å². The number of carbonyl (C=O) groups is 1. The second-order valence-corrected chi connectivity index (χ2v) is 5.29. The number of rotatable bonds is 4. The summed E-state index contributed by atoms with van der Waals surface area (Å²) in [5, 5.41) is 0.771. The zero-order valence-corrected chi connectivity index (χ0v) is 12.7. The minimum atomic E-state index is -0.432. The summed E-state index contributed by atoms with van der Waals surface area (Å²) in [5.41, 5.74) is 7.56. The quantitative estimate of drug-likeness (QED) is 0.693. The zero-order valence-electron chi connectivity index (χ0n) is 11.9. The van der Waals surface area contributed by atoms with E-state index in [4.69, 9.17) is 10.5 Å². The van der Waals surface area contributed by atoms with Gasteiger partial charge in [0.05, 0.1) is 12.0 Å². The summed E-state index contributed by atoms with van der Waals surface area (Å²) in [5.74, 6) is -0.432. The number of ether oxygens (including phenoxy) is 1. The van der Waals surface area contributed by atoms with Crippen LogP contribution >= 0.6 is 11.3 Å². The fourth-order valence-electron chi connectivity index (χ4n) is 1.78. The van der Waals surface area contributed by atoms with Crippen molar-refractivity contribution in [2.24, 2.45) is 5.73 Å². The number of nitrogens with two attached hydrogens (primary N) is 1. The highest BCUT2D eigenvalue weighted by atomic mass is 32.1. The van der Waals surface area contributed by atoms with E-state index in [0.717, 1.165) is 21.0 Å². The van der Waals surface area contributed by atoms with E-state index in [2.05, 4.69) is 4.98 Å². The van der Waals surface area contributed by atoms with Crippen molar-refractivity contribution in [3.8, 4) is 10.4 Å². The number of allylic oxidation sites excluding steroid dienone is 3. The number of methoxy groups -OCH3 is 1. The Kier molecular flexibility index (Phi) is 4.90. The van der Waals surface area contributed by atoms with Crippen LogP contribution in [0.4, 0.5) is 0 Å². The van der Waals surface area contributed by atoms with E-state index in [9.17, 15) is 4.79 Å². The fourth-order valence-corrected chi connectivity index (χ4v) is 2.82. The maximum absolute atomic E-state index is 11.9. The van der Waals surface area contributed by atoms with Gasteiger partial charge in [0.2, 0.25) is 0 Å². The standard InChI is InChI=1S/C16H16N2O2S/c1-11(7-6-10-17)15-18-13(16(19)20-2)14(21-15)12-8-4-3-5-9-12/h3-10H,17H2,1-2H3/b10-6-,11-7+. The number of hydrogen-bond donors (Lipinski definition) is 1. The molecule has 1 heterocycles. The Bertz CT molecular complexity index is 688. The Labute approximate surface area is 127 Å². The summed E-state index contributed by atoms with van der Waals surface area (Å²) in [4.78, 5) is 17.1. The minimum Gasteiger partial charge on any atom is -0.464 e. The first kappa shape index (κ1) is 15.0. The van der Waals surface area contributed by atoms with Crippen molar-refractivity contribution in [1.29, 1.82) is 0 Å². The number of nitrogens with zero attached hydrogens (tertiary/aromatic N) is 1. The van der Waals surface area contributed by atoms with Gasteiger partial charge in [-0.25, -0.2) is 9.78 Å². The van der Waals surface area contributed by atoms with Gasteiger partial charge in [0.15, 0.2) is 5.69 Å². The lowest BCUT2D eigenvalue weighted by molar-refractivity contribution is 0.0596. The molecular formula is C16H16N2O2S. The van der Waals surface area contributed by atoms with E-state index in [1.807, 2.05) is 43.3 Å². The van der Waals surface area contributed by atoms with Crippen LogP contribution in [0.3, 0.4) is 0 Å². The molecule has 0 bridgehead atoms. The Morgan fingerprint density at radius 1 is 1.33 bits per heavy atom. The monoisotopic (exact) mass is 300 g/mol. The number of thiazole rings is 1. The minimum absolute atomic E-state index is 0.341. The lowest BCUT2D eigenvalue weighted by atomic mass is 10.1. The maximum Gasteiger partial charge on any atom is 0.358 e. The molecule has 0 unspecified atom stereocenters. The predicted molar refractivity (Wildman–Crippen MR) is 85.9 cm³/mol. The van der Waals surface area contributed by atoms with E-state index >= 15 is 0 Å². The molecule has 108 valence electrons. The van der Waals surface area contributed by atoms with E-state index in [0.29, 0.717) is 5.69 Å². The van der Waals surface area contributed by atoms with E-state index < -0.39 is 5.97 Å².